The molecule has 1 aromatic carbocycles. The normalized spacial score (nSPS) is 20.1. The molecule has 1 saturated heterocycles. The topological polar surface area (TPSA) is 39.1 Å². The summed E-state index contributed by atoms with van der Waals surface area (Å²) in [6, 6.07) is 8.45. The average Bonchev–Trinajstić information content (AvgIpc) is 2.34. The van der Waals surface area contributed by atoms with E-state index in [1.165, 1.54) is 0 Å². The van der Waals surface area contributed by atoms with Gasteiger partial charge in [-0.25, -0.2) is 0 Å². The van der Waals surface area contributed by atoms with Crippen LogP contribution in [0.2, 0.25) is 5.02 Å². The number of halogens is 1. The van der Waals surface area contributed by atoms with Gasteiger partial charge in [-0.05, 0) is 24.6 Å². The van der Waals surface area contributed by atoms with Crippen molar-refractivity contribution in [3.8, 4) is 6.07 Å². The van der Waals surface area contributed by atoms with Crippen LogP contribution in [0.4, 0.5) is 5.69 Å². The summed E-state index contributed by atoms with van der Waals surface area (Å²) < 4.78 is 0. The zero-order valence-corrected chi connectivity index (χ0v) is 10.7. The van der Waals surface area contributed by atoms with E-state index in [1.54, 1.807) is 0 Å². The monoisotopic (exact) mass is 249 g/mol. The molecule has 4 heteroatoms. The fraction of sp³-hybridized carbons (Fsp3) is 0.462. The van der Waals surface area contributed by atoms with Gasteiger partial charge in [0.25, 0.3) is 0 Å². The fourth-order valence-electron chi connectivity index (χ4n) is 2.27. The predicted octanol–water partition coefficient (Wildman–Crippen LogP) is 2.34. The standard InChI is InChI=1S/C13H16ClN3/c1-10-12(14)3-2-4-13(10)17-8-7-16-9-11(17)5-6-15/h2-4,11,16H,5,7-9H2,1H3. The minimum Gasteiger partial charge on any atom is -0.365 e. The van der Waals surface area contributed by atoms with Gasteiger partial charge in [-0.1, -0.05) is 17.7 Å². The van der Waals surface area contributed by atoms with Crippen LogP contribution in [0.15, 0.2) is 18.2 Å². The van der Waals surface area contributed by atoms with Crippen LogP contribution >= 0.6 is 11.6 Å². The number of anilines is 1. The summed E-state index contributed by atoms with van der Waals surface area (Å²) in [4.78, 5) is 2.29. The molecular formula is C13H16ClN3. The van der Waals surface area contributed by atoms with E-state index in [0.29, 0.717) is 6.42 Å². The van der Waals surface area contributed by atoms with Crippen LogP contribution in [0.25, 0.3) is 0 Å². The summed E-state index contributed by atoms with van der Waals surface area (Å²) in [6.45, 7) is 4.77. The summed E-state index contributed by atoms with van der Waals surface area (Å²) in [7, 11) is 0. The second-order valence-corrected chi connectivity index (χ2v) is 4.70. The molecule has 2 rings (SSSR count). The van der Waals surface area contributed by atoms with Gasteiger partial charge in [0.05, 0.1) is 18.5 Å². The quantitative estimate of drug-likeness (QED) is 0.875. The van der Waals surface area contributed by atoms with Crippen molar-refractivity contribution >= 4 is 17.3 Å². The molecule has 0 saturated carbocycles. The maximum Gasteiger partial charge on any atom is 0.0643 e. The molecule has 1 heterocycles. The summed E-state index contributed by atoms with van der Waals surface area (Å²) >= 11 is 6.15. The molecule has 0 aliphatic carbocycles. The number of nitrogens with one attached hydrogen (secondary N) is 1. The number of piperazine rings is 1. The first-order valence-corrected chi connectivity index (χ1v) is 6.21. The van der Waals surface area contributed by atoms with E-state index in [9.17, 15) is 0 Å². The molecule has 0 amide bonds. The lowest BCUT2D eigenvalue weighted by Crippen LogP contribution is -2.51. The highest BCUT2D eigenvalue weighted by Gasteiger charge is 2.23. The summed E-state index contributed by atoms with van der Waals surface area (Å²) in [5, 5.41) is 13.0. The Morgan fingerprint density at radius 1 is 1.59 bits per heavy atom. The minimum absolute atomic E-state index is 0.242. The van der Waals surface area contributed by atoms with Crippen molar-refractivity contribution in [2.75, 3.05) is 24.5 Å². The first-order chi connectivity index (χ1) is 8.24. The molecule has 1 aliphatic rings. The molecule has 1 aromatic rings. The lowest BCUT2D eigenvalue weighted by molar-refractivity contribution is 0.480. The molecule has 17 heavy (non-hydrogen) atoms. The Morgan fingerprint density at radius 2 is 2.41 bits per heavy atom. The number of hydrogen-bond donors (Lipinski definition) is 1. The molecule has 1 fully saturated rings. The molecule has 1 N–H and O–H groups in total. The number of nitrogens with zero attached hydrogens (tertiary/aromatic N) is 2. The smallest absolute Gasteiger partial charge is 0.0643 e. The van der Waals surface area contributed by atoms with E-state index in [1.807, 2.05) is 19.1 Å². The highest BCUT2D eigenvalue weighted by molar-refractivity contribution is 6.31. The van der Waals surface area contributed by atoms with Crippen LogP contribution in [-0.4, -0.2) is 25.7 Å². The van der Waals surface area contributed by atoms with E-state index >= 15 is 0 Å². The van der Waals surface area contributed by atoms with Gasteiger partial charge in [0.2, 0.25) is 0 Å². The van der Waals surface area contributed by atoms with E-state index in [-0.39, 0.29) is 6.04 Å². The van der Waals surface area contributed by atoms with Gasteiger partial charge < -0.3 is 10.2 Å². The van der Waals surface area contributed by atoms with Crippen LogP contribution < -0.4 is 10.2 Å². The van der Waals surface area contributed by atoms with E-state index < -0.39 is 0 Å². The van der Waals surface area contributed by atoms with E-state index in [2.05, 4.69) is 22.4 Å². The molecule has 3 nitrogen and oxygen atoms in total. The molecule has 1 unspecified atom stereocenters. The predicted molar refractivity (Wildman–Crippen MR) is 70.4 cm³/mol. The summed E-state index contributed by atoms with van der Waals surface area (Å²) in [6.07, 6.45) is 0.541. The molecule has 0 aromatic heterocycles. The first kappa shape index (κ1) is 12.2. The number of benzene rings is 1. The van der Waals surface area contributed by atoms with Gasteiger partial charge in [0.1, 0.15) is 0 Å². The maximum atomic E-state index is 8.88. The zero-order chi connectivity index (χ0) is 12.3. The summed E-state index contributed by atoms with van der Waals surface area (Å²) in [5.41, 5.74) is 2.25. The third kappa shape index (κ3) is 2.54. The van der Waals surface area contributed by atoms with Crippen molar-refractivity contribution in [2.45, 2.75) is 19.4 Å². The van der Waals surface area contributed by atoms with Gasteiger partial charge in [-0.3, -0.25) is 0 Å². The number of nitriles is 1. The van der Waals surface area contributed by atoms with Crippen molar-refractivity contribution in [3.63, 3.8) is 0 Å². The highest BCUT2D eigenvalue weighted by Crippen LogP contribution is 2.28. The van der Waals surface area contributed by atoms with Gasteiger partial charge in [-0.15, -0.1) is 0 Å². The van der Waals surface area contributed by atoms with Crippen molar-refractivity contribution in [1.82, 2.24) is 5.32 Å². The van der Waals surface area contributed by atoms with Gasteiger partial charge in [0, 0.05) is 30.3 Å². The molecule has 0 bridgehead atoms. The zero-order valence-electron chi connectivity index (χ0n) is 9.91. The minimum atomic E-state index is 0.242. The van der Waals surface area contributed by atoms with Crippen molar-refractivity contribution < 1.29 is 0 Å². The Hall–Kier alpha value is -1.24. The lowest BCUT2D eigenvalue weighted by atomic mass is 10.1. The fourth-order valence-corrected chi connectivity index (χ4v) is 2.44. The lowest BCUT2D eigenvalue weighted by Gasteiger charge is -2.37. The molecule has 90 valence electrons. The van der Waals surface area contributed by atoms with Gasteiger partial charge in [-0.2, -0.15) is 5.26 Å². The van der Waals surface area contributed by atoms with Crippen LogP contribution in [0.1, 0.15) is 12.0 Å². The molecule has 0 radical (unpaired) electrons. The van der Waals surface area contributed by atoms with Crippen LogP contribution in [-0.2, 0) is 0 Å². The second kappa shape index (κ2) is 5.39. The van der Waals surface area contributed by atoms with Crippen molar-refractivity contribution in [1.29, 1.82) is 5.26 Å². The van der Waals surface area contributed by atoms with Crippen LogP contribution in [0.5, 0.6) is 0 Å². The molecule has 0 spiro atoms. The van der Waals surface area contributed by atoms with E-state index in [4.69, 9.17) is 16.9 Å². The van der Waals surface area contributed by atoms with Gasteiger partial charge >= 0.3 is 0 Å². The SMILES string of the molecule is Cc1c(Cl)cccc1N1CCNCC1CC#N. The Balaban J connectivity index is 2.30. The maximum absolute atomic E-state index is 8.88. The summed E-state index contributed by atoms with van der Waals surface area (Å²) in [5.74, 6) is 0. The Labute approximate surface area is 107 Å². The first-order valence-electron chi connectivity index (χ1n) is 5.83. The molecular weight excluding hydrogens is 234 g/mol. The van der Waals surface area contributed by atoms with E-state index in [0.717, 1.165) is 35.9 Å². The number of rotatable bonds is 2. The highest BCUT2D eigenvalue weighted by atomic mass is 35.5. The third-order valence-corrected chi connectivity index (χ3v) is 3.64. The average molecular weight is 250 g/mol. The Bertz CT molecular complexity index is 439. The largest absolute Gasteiger partial charge is 0.365 e. The number of hydrogen-bond acceptors (Lipinski definition) is 3. The van der Waals surface area contributed by atoms with Gasteiger partial charge in [0.15, 0.2) is 0 Å². The molecule has 1 atom stereocenters. The van der Waals surface area contributed by atoms with Crippen molar-refractivity contribution in [2.24, 2.45) is 0 Å². The van der Waals surface area contributed by atoms with Crippen LogP contribution in [0.3, 0.4) is 0 Å². The molecule has 1 aliphatic heterocycles. The van der Waals surface area contributed by atoms with Crippen molar-refractivity contribution in [3.05, 3.63) is 28.8 Å². The Kier molecular flexibility index (Phi) is 3.88. The Morgan fingerprint density at radius 3 is 3.18 bits per heavy atom. The third-order valence-electron chi connectivity index (χ3n) is 3.23. The van der Waals surface area contributed by atoms with Crippen LogP contribution in [0, 0.1) is 18.3 Å². The second-order valence-electron chi connectivity index (χ2n) is 4.30.